The number of nitrogens with zero attached hydrogens (tertiary/aromatic N) is 2. The smallest absolute Gasteiger partial charge is 0.384 e. The number of nitrogens with one attached hydrogen (secondary N) is 1. The van der Waals surface area contributed by atoms with Crippen LogP contribution in [0.4, 0.5) is 13.2 Å². The van der Waals surface area contributed by atoms with Crippen LogP contribution >= 0.6 is 15.9 Å². The molecule has 0 bridgehead atoms. The largest absolute Gasteiger partial charge is 0.416 e. The van der Waals surface area contributed by atoms with Gasteiger partial charge in [0.05, 0.1) is 21.9 Å². The van der Waals surface area contributed by atoms with Crippen LogP contribution in [0, 0.1) is 5.41 Å². The lowest BCUT2D eigenvalue weighted by Crippen LogP contribution is -2.17. The Balaban J connectivity index is 2.60. The van der Waals surface area contributed by atoms with Gasteiger partial charge in [-0.05, 0) is 34.1 Å². The Morgan fingerprint density at radius 2 is 2.05 bits per heavy atom. The van der Waals surface area contributed by atoms with E-state index in [2.05, 4.69) is 21.0 Å². The van der Waals surface area contributed by atoms with Crippen molar-refractivity contribution in [2.24, 2.45) is 5.73 Å². The highest BCUT2D eigenvalue weighted by atomic mass is 79.9. The molecule has 4 nitrogen and oxygen atoms in total. The third kappa shape index (κ3) is 2.78. The van der Waals surface area contributed by atoms with E-state index in [4.69, 9.17) is 11.1 Å². The molecule has 1 aromatic carbocycles. The fourth-order valence-corrected chi connectivity index (χ4v) is 1.85. The molecular formula is C11H8BrF3N4. The van der Waals surface area contributed by atoms with Gasteiger partial charge in [0, 0.05) is 11.8 Å². The van der Waals surface area contributed by atoms with Gasteiger partial charge in [0.25, 0.3) is 0 Å². The highest BCUT2D eigenvalue weighted by molar-refractivity contribution is 9.10. The van der Waals surface area contributed by atoms with Crippen molar-refractivity contribution in [1.29, 1.82) is 5.41 Å². The molecule has 0 aliphatic rings. The van der Waals surface area contributed by atoms with Crippen LogP contribution in [-0.4, -0.2) is 15.6 Å². The summed E-state index contributed by atoms with van der Waals surface area (Å²) in [6.45, 7) is 0. The standard InChI is InChI=1S/C11H8BrF3N4/c12-7-4-18-19(5-7)9-2-1-6(11(13,14)15)3-8(9)10(16)17/h1-5H,(H3,16,17). The van der Waals surface area contributed by atoms with E-state index in [1.165, 1.54) is 16.9 Å². The number of amidine groups is 1. The molecule has 0 unspecified atom stereocenters. The maximum absolute atomic E-state index is 12.6. The van der Waals surface area contributed by atoms with E-state index in [0.717, 1.165) is 12.1 Å². The summed E-state index contributed by atoms with van der Waals surface area (Å²) in [6.07, 6.45) is -1.43. The Bertz CT molecular complexity index is 633. The molecule has 0 aliphatic heterocycles. The molecule has 8 heteroatoms. The molecule has 0 fully saturated rings. The van der Waals surface area contributed by atoms with E-state index < -0.39 is 17.6 Å². The van der Waals surface area contributed by atoms with Crippen LogP contribution < -0.4 is 5.73 Å². The van der Waals surface area contributed by atoms with Crippen LogP contribution in [0.5, 0.6) is 0 Å². The van der Waals surface area contributed by atoms with Gasteiger partial charge in [0.15, 0.2) is 0 Å². The summed E-state index contributed by atoms with van der Waals surface area (Å²) in [7, 11) is 0. The monoisotopic (exact) mass is 332 g/mol. The number of benzene rings is 1. The Labute approximate surface area is 114 Å². The minimum absolute atomic E-state index is 0.0228. The van der Waals surface area contributed by atoms with Crippen LogP contribution in [0.1, 0.15) is 11.1 Å². The predicted octanol–water partition coefficient (Wildman–Crippen LogP) is 2.94. The van der Waals surface area contributed by atoms with E-state index in [1.807, 2.05) is 0 Å². The number of nitrogen functional groups attached to an aromatic ring is 1. The zero-order valence-electron chi connectivity index (χ0n) is 9.37. The molecule has 1 heterocycles. The minimum atomic E-state index is -4.48. The quantitative estimate of drug-likeness (QED) is 0.655. The number of alkyl halides is 3. The van der Waals surface area contributed by atoms with Crippen LogP contribution in [0.15, 0.2) is 35.1 Å². The maximum Gasteiger partial charge on any atom is 0.416 e. The first-order valence-electron chi connectivity index (χ1n) is 5.05. The third-order valence-electron chi connectivity index (χ3n) is 2.41. The maximum atomic E-state index is 12.6. The molecule has 2 rings (SSSR count). The Morgan fingerprint density at radius 1 is 1.37 bits per heavy atom. The lowest BCUT2D eigenvalue weighted by molar-refractivity contribution is -0.137. The number of rotatable bonds is 2. The molecule has 0 spiro atoms. The van der Waals surface area contributed by atoms with Crippen LogP contribution in [-0.2, 0) is 6.18 Å². The molecule has 0 saturated heterocycles. The first-order valence-corrected chi connectivity index (χ1v) is 5.84. The zero-order valence-corrected chi connectivity index (χ0v) is 11.0. The average Bonchev–Trinajstić information content (AvgIpc) is 2.73. The summed E-state index contributed by atoms with van der Waals surface area (Å²) in [5.74, 6) is -0.451. The van der Waals surface area contributed by atoms with Gasteiger partial charge in [-0.3, -0.25) is 5.41 Å². The van der Waals surface area contributed by atoms with Gasteiger partial charge in [-0.2, -0.15) is 18.3 Å². The van der Waals surface area contributed by atoms with Gasteiger partial charge in [-0.25, -0.2) is 4.68 Å². The Hall–Kier alpha value is -1.83. The number of halogens is 4. The predicted molar refractivity (Wildman–Crippen MR) is 67.3 cm³/mol. The Kier molecular flexibility index (Phi) is 3.36. The minimum Gasteiger partial charge on any atom is -0.384 e. The third-order valence-corrected chi connectivity index (χ3v) is 2.82. The van der Waals surface area contributed by atoms with E-state index in [-0.39, 0.29) is 5.56 Å². The summed E-state index contributed by atoms with van der Waals surface area (Å²) in [5, 5.41) is 11.3. The number of hydrogen-bond acceptors (Lipinski definition) is 2. The van der Waals surface area contributed by atoms with Crippen molar-refractivity contribution in [3.8, 4) is 5.69 Å². The van der Waals surface area contributed by atoms with Crippen LogP contribution in [0.2, 0.25) is 0 Å². The van der Waals surface area contributed by atoms with Gasteiger partial charge in [-0.15, -0.1) is 0 Å². The number of aromatic nitrogens is 2. The molecule has 100 valence electrons. The van der Waals surface area contributed by atoms with Crippen LogP contribution in [0.3, 0.4) is 0 Å². The topological polar surface area (TPSA) is 67.7 Å². The van der Waals surface area contributed by atoms with Crippen molar-refractivity contribution < 1.29 is 13.2 Å². The molecule has 0 atom stereocenters. The van der Waals surface area contributed by atoms with Gasteiger partial charge in [0.1, 0.15) is 5.84 Å². The fourth-order valence-electron chi connectivity index (χ4n) is 1.56. The molecule has 3 N–H and O–H groups in total. The van der Waals surface area contributed by atoms with Crippen molar-refractivity contribution in [1.82, 2.24) is 9.78 Å². The van der Waals surface area contributed by atoms with E-state index in [1.54, 1.807) is 6.20 Å². The number of nitrogens with two attached hydrogens (primary N) is 1. The van der Waals surface area contributed by atoms with Crippen molar-refractivity contribution in [3.05, 3.63) is 46.2 Å². The fraction of sp³-hybridized carbons (Fsp3) is 0.0909. The van der Waals surface area contributed by atoms with E-state index >= 15 is 0 Å². The van der Waals surface area contributed by atoms with E-state index in [9.17, 15) is 13.2 Å². The molecular weight excluding hydrogens is 325 g/mol. The van der Waals surface area contributed by atoms with Gasteiger partial charge in [0.2, 0.25) is 0 Å². The summed E-state index contributed by atoms with van der Waals surface area (Å²) in [6, 6.07) is 3.00. The van der Waals surface area contributed by atoms with Gasteiger partial charge < -0.3 is 5.73 Å². The van der Waals surface area contributed by atoms with E-state index in [0.29, 0.717) is 10.2 Å². The molecule has 0 saturated carbocycles. The normalized spacial score (nSPS) is 11.6. The lowest BCUT2D eigenvalue weighted by Gasteiger charge is -2.12. The van der Waals surface area contributed by atoms with Crippen molar-refractivity contribution in [2.45, 2.75) is 6.18 Å². The SMILES string of the molecule is N=C(N)c1cc(C(F)(F)F)ccc1-n1cc(Br)cn1. The molecule has 0 amide bonds. The summed E-state index contributed by atoms with van der Waals surface area (Å²) in [4.78, 5) is 0. The van der Waals surface area contributed by atoms with Crippen molar-refractivity contribution in [2.75, 3.05) is 0 Å². The first-order chi connectivity index (χ1) is 8.79. The highest BCUT2D eigenvalue weighted by Crippen LogP contribution is 2.31. The lowest BCUT2D eigenvalue weighted by atomic mass is 10.1. The van der Waals surface area contributed by atoms with Gasteiger partial charge in [-0.1, -0.05) is 0 Å². The second-order valence-corrected chi connectivity index (χ2v) is 4.66. The second-order valence-electron chi connectivity index (χ2n) is 3.75. The van der Waals surface area contributed by atoms with Crippen LogP contribution in [0.25, 0.3) is 5.69 Å². The molecule has 2 aromatic rings. The number of hydrogen-bond donors (Lipinski definition) is 2. The first kappa shape index (κ1) is 13.6. The van der Waals surface area contributed by atoms with Crippen molar-refractivity contribution >= 4 is 21.8 Å². The molecule has 1 aromatic heterocycles. The summed E-state index contributed by atoms with van der Waals surface area (Å²) in [5.41, 5.74) is 4.77. The zero-order chi connectivity index (χ0) is 14.2. The van der Waals surface area contributed by atoms with Crippen molar-refractivity contribution in [3.63, 3.8) is 0 Å². The second kappa shape index (κ2) is 4.69. The molecule has 0 radical (unpaired) electrons. The molecule has 19 heavy (non-hydrogen) atoms. The van der Waals surface area contributed by atoms with Gasteiger partial charge >= 0.3 is 6.18 Å². The molecule has 0 aliphatic carbocycles. The summed E-state index contributed by atoms with van der Waals surface area (Å²) < 4.78 is 39.9. The summed E-state index contributed by atoms with van der Waals surface area (Å²) >= 11 is 3.19. The Morgan fingerprint density at radius 3 is 2.53 bits per heavy atom. The average molecular weight is 333 g/mol. The highest BCUT2D eigenvalue weighted by Gasteiger charge is 2.31.